The van der Waals surface area contributed by atoms with E-state index in [-0.39, 0.29) is 5.70 Å². The summed E-state index contributed by atoms with van der Waals surface area (Å²) in [5.41, 5.74) is 1.65. The van der Waals surface area contributed by atoms with Gasteiger partial charge in [0.25, 0.3) is 5.70 Å². The van der Waals surface area contributed by atoms with Crippen LogP contribution in [0.2, 0.25) is 0 Å². The molecule has 0 fully saturated rings. The van der Waals surface area contributed by atoms with Gasteiger partial charge in [0.2, 0.25) is 0 Å². The van der Waals surface area contributed by atoms with Gasteiger partial charge in [0.15, 0.2) is 0 Å². The lowest BCUT2D eigenvalue weighted by Gasteiger charge is -1.94. The normalized spacial score (nSPS) is 12.2. The third-order valence-corrected chi connectivity index (χ3v) is 4.34. The van der Waals surface area contributed by atoms with Crippen molar-refractivity contribution in [2.24, 2.45) is 0 Å². The standard InChI is InChI=1S/C14H11IN2O2S/c1-3-10(5-4-9(2)17(18)19)14-16-12-7-6-11(15)8-13(12)20-14/h3-8H,2H2,1H3/b5-4-,10-3+. The van der Waals surface area contributed by atoms with Crippen molar-refractivity contribution in [2.75, 3.05) is 0 Å². The number of hydrogen-bond donors (Lipinski definition) is 0. The lowest BCUT2D eigenvalue weighted by atomic mass is 10.2. The number of allylic oxidation sites excluding steroid dienone is 4. The summed E-state index contributed by atoms with van der Waals surface area (Å²) in [6, 6.07) is 6.06. The summed E-state index contributed by atoms with van der Waals surface area (Å²) in [5, 5.41) is 11.4. The quantitative estimate of drug-likeness (QED) is 0.326. The van der Waals surface area contributed by atoms with Gasteiger partial charge in [-0.15, -0.1) is 11.3 Å². The van der Waals surface area contributed by atoms with Gasteiger partial charge in [-0.25, -0.2) is 4.98 Å². The number of hydrogen-bond acceptors (Lipinski definition) is 4. The summed E-state index contributed by atoms with van der Waals surface area (Å²) in [4.78, 5) is 14.6. The molecule has 0 saturated heterocycles. The largest absolute Gasteiger partial charge is 0.262 e. The molecule has 0 spiro atoms. The number of fused-ring (bicyclic) bond motifs is 1. The minimum Gasteiger partial charge on any atom is -0.258 e. The van der Waals surface area contributed by atoms with Crippen molar-refractivity contribution in [1.29, 1.82) is 0 Å². The highest BCUT2D eigenvalue weighted by atomic mass is 127. The number of halogens is 1. The van der Waals surface area contributed by atoms with E-state index >= 15 is 0 Å². The average Bonchev–Trinajstić information content (AvgIpc) is 2.81. The Kier molecular flexibility index (Phi) is 4.66. The van der Waals surface area contributed by atoms with E-state index in [0.717, 1.165) is 24.4 Å². The molecular formula is C14H11IN2O2S. The Balaban J connectivity index is 2.35. The lowest BCUT2D eigenvalue weighted by Crippen LogP contribution is -1.92. The molecule has 0 N–H and O–H groups in total. The van der Waals surface area contributed by atoms with E-state index in [1.165, 1.54) is 6.08 Å². The second-order valence-electron chi connectivity index (χ2n) is 3.96. The molecule has 0 aliphatic heterocycles. The van der Waals surface area contributed by atoms with E-state index < -0.39 is 4.92 Å². The fourth-order valence-electron chi connectivity index (χ4n) is 1.56. The topological polar surface area (TPSA) is 56.0 Å². The van der Waals surface area contributed by atoms with Crippen molar-refractivity contribution in [2.45, 2.75) is 6.92 Å². The van der Waals surface area contributed by atoms with E-state index in [1.807, 2.05) is 25.1 Å². The Morgan fingerprint density at radius 3 is 2.90 bits per heavy atom. The maximum atomic E-state index is 10.5. The molecule has 0 bridgehead atoms. The number of benzene rings is 1. The maximum Gasteiger partial charge on any atom is 0.262 e. The molecule has 1 aromatic heterocycles. The highest BCUT2D eigenvalue weighted by Crippen LogP contribution is 2.29. The molecule has 0 saturated carbocycles. The van der Waals surface area contributed by atoms with Crippen LogP contribution in [0.3, 0.4) is 0 Å². The summed E-state index contributed by atoms with van der Waals surface area (Å²) in [6.45, 7) is 5.26. The van der Waals surface area contributed by atoms with E-state index in [2.05, 4.69) is 40.2 Å². The van der Waals surface area contributed by atoms with Gasteiger partial charge < -0.3 is 0 Å². The zero-order valence-electron chi connectivity index (χ0n) is 10.7. The van der Waals surface area contributed by atoms with Gasteiger partial charge in [-0.3, -0.25) is 10.1 Å². The van der Waals surface area contributed by atoms with Gasteiger partial charge in [-0.05, 0) is 60.4 Å². The van der Waals surface area contributed by atoms with Crippen molar-refractivity contribution in [3.8, 4) is 0 Å². The molecule has 1 aromatic carbocycles. The molecule has 0 unspecified atom stereocenters. The first-order chi connectivity index (χ1) is 9.51. The van der Waals surface area contributed by atoms with Crippen molar-refractivity contribution in [1.82, 2.24) is 4.98 Å². The van der Waals surface area contributed by atoms with Gasteiger partial charge in [0.1, 0.15) is 5.01 Å². The van der Waals surface area contributed by atoms with Crippen LogP contribution in [-0.2, 0) is 0 Å². The molecule has 20 heavy (non-hydrogen) atoms. The molecule has 0 atom stereocenters. The van der Waals surface area contributed by atoms with Crippen LogP contribution in [0.25, 0.3) is 15.8 Å². The molecular weight excluding hydrogens is 387 g/mol. The molecule has 1 heterocycles. The first-order valence-electron chi connectivity index (χ1n) is 5.75. The summed E-state index contributed by atoms with van der Waals surface area (Å²) in [7, 11) is 0. The second kappa shape index (κ2) is 6.27. The Morgan fingerprint density at radius 1 is 1.50 bits per heavy atom. The SMILES string of the molecule is C=C(/C=C\C(=C/C)c1nc2ccc(I)cc2s1)[N+](=O)[O-]. The van der Waals surface area contributed by atoms with Crippen LogP contribution in [0.15, 0.2) is 48.7 Å². The van der Waals surface area contributed by atoms with Crippen LogP contribution in [0.4, 0.5) is 0 Å². The maximum absolute atomic E-state index is 10.5. The predicted molar refractivity (Wildman–Crippen MR) is 91.3 cm³/mol. The molecule has 6 heteroatoms. The Bertz CT molecular complexity index is 747. The minimum atomic E-state index is -0.509. The minimum absolute atomic E-state index is 0.139. The van der Waals surface area contributed by atoms with Crippen molar-refractivity contribution in [3.63, 3.8) is 0 Å². The Morgan fingerprint density at radius 2 is 2.25 bits per heavy atom. The van der Waals surface area contributed by atoms with Crippen molar-refractivity contribution < 1.29 is 4.92 Å². The van der Waals surface area contributed by atoms with Crippen molar-refractivity contribution in [3.05, 3.63) is 67.4 Å². The number of nitrogens with zero attached hydrogens (tertiary/aromatic N) is 2. The number of aromatic nitrogens is 1. The average molecular weight is 398 g/mol. The van der Waals surface area contributed by atoms with Gasteiger partial charge in [-0.2, -0.15) is 0 Å². The number of rotatable bonds is 4. The zero-order valence-corrected chi connectivity index (χ0v) is 13.6. The zero-order chi connectivity index (χ0) is 14.7. The van der Waals surface area contributed by atoms with Gasteiger partial charge in [0.05, 0.1) is 15.1 Å². The lowest BCUT2D eigenvalue weighted by molar-refractivity contribution is -0.418. The molecule has 0 aliphatic rings. The molecule has 0 amide bonds. The third kappa shape index (κ3) is 3.31. The first-order valence-corrected chi connectivity index (χ1v) is 7.65. The van der Waals surface area contributed by atoms with Gasteiger partial charge in [-0.1, -0.05) is 6.08 Å². The van der Waals surface area contributed by atoms with Crippen LogP contribution in [-0.4, -0.2) is 9.91 Å². The first kappa shape index (κ1) is 14.9. The van der Waals surface area contributed by atoms with Crippen LogP contribution in [0, 0.1) is 13.7 Å². The Labute approximate surface area is 133 Å². The molecule has 4 nitrogen and oxygen atoms in total. The highest BCUT2D eigenvalue weighted by Gasteiger charge is 2.08. The van der Waals surface area contributed by atoms with Gasteiger partial charge in [0, 0.05) is 15.2 Å². The van der Waals surface area contributed by atoms with Gasteiger partial charge >= 0.3 is 0 Å². The number of nitro groups is 1. The van der Waals surface area contributed by atoms with Crippen LogP contribution < -0.4 is 0 Å². The third-order valence-electron chi connectivity index (χ3n) is 2.60. The molecule has 0 radical (unpaired) electrons. The fourth-order valence-corrected chi connectivity index (χ4v) is 3.32. The van der Waals surface area contributed by atoms with Crippen LogP contribution in [0.1, 0.15) is 11.9 Å². The molecule has 2 rings (SSSR count). The van der Waals surface area contributed by atoms with E-state index in [0.29, 0.717) is 0 Å². The van der Waals surface area contributed by atoms with E-state index in [9.17, 15) is 10.1 Å². The second-order valence-corrected chi connectivity index (χ2v) is 6.23. The number of thiazole rings is 1. The smallest absolute Gasteiger partial charge is 0.258 e. The monoisotopic (exact) mass is 398 g/mol. The summed E-state index contributed by atoms with van der Waals surface area (Å²) in [5.74, 6) is 0. The molecule has 0 aliphatic carbocycles. The van der Waals surface area contributed by atoms with Crippen LogP contribution in [0.5, 0.6) is 0 Å². The molecule has 2 aromatic rings. The molecule has 102 valence electrons. The van der Waals surface area contributed by atoms with Crippen molar-refractivity contribution >= 4 is 49.7 Å². The van der Waals surface area contributed by atoms with E-state index in [1.54, 1.807) is 17.4 Å². The van der Waals surface area contributed by atoms with Crippen LogP contribution >= 0.6 is 33.9 Å². The predicted octanol–water partition coefficient (Wildman–Crippen LogP) is 4.65. The summed E-state index contributed by atoms with van der Waals surface area (Å²) < 4.78 is 2.26. The Hall–Kier alpha value is -1.54. The van der Waals surface area contributed by atoms with E-state index in [4.69, 9.17) is 0 Å². The summed E-state index contributed by atoms with van der Waals surface area (Å²) in [6.07, 6.45) is 4.95. The summed E-state index contributed by atoms with van der Waals surface area (Å²) >= 11 is 3.83. The fraction of sp³-hybridized carbons (Fsp3) is 0.0714. The highest BCUT2D eigenvalue weighted by molar-refractivity contribution is 14.1.